The molecule has 0 radical (unpaired) electrons. The van der Waals surface area contributed by atoms with Gasteiger partial charge < -0.3 is 0 Å². The van der Waals surface area contributed by atoms with Crippen molar-refractivity contribution in [1.29, 1.82) is 5.26 Å². The molecular formula is C11H12BrClN2O2S. The first-order chi connectivity index (χ1) is 8.43. The predicted octanol–water partition coefficient (Wildman–Crippen LogP) is 3.03. The molecule has 0 aliphatic heterocycles. The summed E-state index contributed by atoms with van der Waals surface area (Å²) in [6, 6.07) is 6.39. The van der Waals surface area contributed by atoms with Crippen molar-refractivity contribution in [3.8, 4) is 6.07 Å². The van der Waals surface area contributed by atoms with E-state index in [1.54, 1.807) is 6.92 Å². The predicted molar refractivity (Wildman–Crippen MR) is 73.8 cm³/mol. The molecule has 0 aromatic heterocycles. The van der Waals surface area contributed by atoms with E-state index < -0.39 is 10.0 Å². The standard InChI is InChI=1S/C11H12BrClN2O2S/c1-2-15(7-3-6-14)18(16,17)9-4-5-11(13)10(12)8-9/h4-5,8H,2-3,7H2,1H3. The highest BCUT2D eigenvalue weighted by Gasteiger charge is 2.23. The Labute approximate surface area is 120 Å². The van der Waals surface area contributed by atoms with Crippen LogP contribution in [0.1, 0.15) is 13.3 Å². The quantitative estimate of drug-likeness (QED) is 0.819. The van der Waals surface area contributed by atoms with E-state index in [-0.39, 0.29) is 17.9 Å². The number of nitriles is 1. The lowest BCUT2D eigenvalue weighted by Gasteiger charge is -2.19. The third-order valence-electron chi connectivity index (χ3n) is 2.35. The van der Waals surface area contributed by atoms with Crippen LogP contribution in [0.4, 0.5) is 0 Å². The summed E-state index contributed by atoms with van der Waals surface area (Å²) in [6.45, 7) is 2.25. The summed E-state index contributed by atoms with van der Waals surface area (Å²) < 4.78 is 26.4. The number of halogens is 2. The molecule has 1 rings (SSSR count). The molecule has 0 spiro atoms. The third-order valence-corrected chi connectivity index (χ3v) is 5.54. The molecule has 0 atom stereocenters. The summed E-state index contributed by atoms with van der Waals surface area (Å²) in [7, 11) is -3.57. The average Bonchev–Trinajstić information content (AvgIpc) is 2.33. The van der Waals surface area contributed by atoms with Crippen LogP contribution in [0.3, 0.4) is 0 Å². The molecule has 18 heavy (non-hydrogen) atoms. The maximum Gasteiger partial charge on any atom is 0.243 e. The van der Waals surface area contributed by atoms with Crippen LogP contribution in [0.5, 0.6) is 0 Å². The molecule has 0 amide bonds. The van der Waals surface area contributed by atoms with Crippen molar-refractivity contribution in [3.05, 3.63) is 27.7 Å². The van der Waals surface area contributed by atoms with Gasteiger partial charge in [-0.05, 0) is 34.1 Å². The summed E-state index contributed by atoms with van der Waals surface area (Å²) in [5, 5.41) is 8.98. The minimum absolute atomic E-state index is 0.165. The third kappa shape index (κ3) is 3.45. The molecule has 0 saturated heterocycles. The average molecular weight is 352 g/mol. The van der Waals surface area contributed by atoms with Crippen molar-refractivity contribution in [2.45, 2.75) is 18.2 Å². The molecule has 0 aliphatic rings. The van der Waals surface area contributed by atoms with Crippen LogP contribution in [0, 0.1) is 11.3 Å². The minimum Gasteiger partial charge on any atom is -0.207 e. The van der Waals surface area contributed by atoms with Crippen molar-refractivity contribution < 1.29 is 8.42 Å². The zero-order chi connectivity index (χ0) is 13.8. The number of sulfonamides is 1. The van der Waals surface area contributed by atoms with Gasteiger partial charge in [-0.2, -0.15) is 9.57 Å². The molecule has 4 nitrogen and oxygen atoms in total. The van der Waals surface area contributed by atoms with Gasteiger partial charge in [0.05, 0.1) is 16.0 Å². The number of hydrogen-bond donors (Lipinski definition) is 0. The van der Waals surface area contributed by atoms with Gasteiger partial charge in [-0.1, -0.05) is 18.5 Å². The van der Waals surface area contributed by atoms with Crippen molar-refractivity contribution in [3.63, 3.8) is 0 Å². The van der Waals surface area contributed by atoms with Gasteiger partial charge in [-0.15, -0.1) is 0 Å². The molecule has 7 heteroatoms. The van der Waals surface area contributed by atoms with Gasteiger partial charge in [-0.3, -0.25) is 0 Å². The summed E-state index contributed by atoms with van der Waals surface area (Å²) >= 11 is 9.02. The number of rotatable bonds is 5. The van der Waals surface area contributed by atoms with E-state index in [1.165, 1.54) is 22.5 Å². The Morgan fingerprint density at radius 2 is 2.17 bits per heavy atom. The van der Waals surface area contributed by atoms with E-state index in [1.807, 2.05) is 6.07 Å². The van der Waals surface area contributed by atoms with Gasteiger partial charge >= 0.3 is 0 Å². The molecular weight excluding hydrogens is 340 g/mol. The van der Waals surface area contributed by atoms with Crippen LogP contribution < -0.4 is 0 Å². The number of benzene rings is 1. The summed E-state index contributed by atoms with van der Waals surface area (Å²) in [6.07, 6.45) is 0.168. The summed E-state index contributed by atoms with van der Waals surface area (Å²) in [4.78, 5) is 0.165. The van der Waals surface area contributed by atoms with E-state index in [2.05, 4.69) is 15.9 Å². The normalized spacial score (nSPS) is 11.5. The molecule has 0 unspecified atom stereocenters. The first-order valence-corrected chi connectivity index (χ1v) is 7.86. The van der Waals surface area contributed by atoms with Gasteiger partial charge in [0.25, 0.3) is 0 Å². The lowest BCUT2D eigenvalue weighted by atomic mass is 10.4. The first-order valence-electron chi connectivity index (χ1n) is 5.25. The van der Waals surface area contributed by atoms with Crippen molar-refractivity contribution in [2.75, 3.05) is 13.1 Å². The second-order valence-corrected chi connectivity index (χ2v) is 6.68. The molecule has 98 valence electrons. The Balaban J connectivity index is 3.11. The highest BCUT2D eigenvalue weighted by Crippen LogP contribution is 2.26. The smallest absolute Gasteiger partial charge is 0.207 e. The van der Waals surface area contributed by atoms with Gasteiger partial charge in [0.1, 0.15) is 0 Å². The van der Waals surface area contributed by atoms with Gasteiger partial charge in [0.2, 0.25) is 10.0 Å². The Morgan fingerprint density at radius 1 is 1.50 bits per heavy atom. The molecule has 0 fully saturated rings. The van der Waals surface area contributed by atoms with E-state index in [0.29, 0.717) is 16.0 Å². The second kappa shape index (κ2) is 6.53. The van der Waals surface area contributed by atoms with Gasteiger partial charge in [0.15, 0.2) is 0 Å². The van der Waals surface area contributed by atoms with Crippen LogP contribution in [-0.2, 0) is 10.0 Å². The van der Waals surface area contributed by atoms with Crippen molar-refractivity contribution >= 4 is 37.6 Å². The second-order valence-electron chi connectivity index (χ2n) is 3.48. The zero-order valence-corrected chi connectivity index (χ0v) is 12.9. The summed E-state index contributed by atoms with van der Waals surface area (Å²) in [5.41, 5.74) is 0. The fraction of sp³-hybridized carbons (Fsp3) is 0.364. The van der Waals surface area contributed by atoms with E-state index in [4.69, 9.17) is 16.9 Å². The van der Waals surface area contributed by atoms with Crippen LogP contribution >= 0.6 is 27.5 Å². The molecule has 1 aromatic rings. The topological polar surface area (TPSA) is 61.2 Å². The zero-order valence-electron chi connectivity index (χ0n) is 9.73. The summed E-state index contributed by atoms with van der Waals surface area (Å²) in [5.74, 6) is 0. The fourth-order valence-electron chi connectivity index (χ4n) is 1.41. The highest BCUT2D eigenvalue weighted by molar-refractivity contribution is 9.10. The number of nitrogens with zero attached hydrogens (tertiary/aromatic N) is 2. The molecule has 0 heterocycles. The first kappa shape index (κ1) is 15.4. The van der Waals surface area contributed by atoms with Crippen LogP contribution in [0.2, 0.25) is 5.02 Å². The monoisotopic (exact) mass is 350 g/mol. The van der Waals surface area contributed by atoms with Crippen LogP contribution in [0.15, 0.2) is 27.6 Å². The molecule has 0 aliphatic carbocycles. The van der Waals surface area contributed by atoms with E-state index >= 15 is 0 Å². The maximum absolute atomic E-state index is 12.3. The van der Waals surface area contributed by atoms with E-state index in [0.717, 1.165) is 0 Å². The maximum atomic E-state index is 12.3. The van der Waals surface area contributed by atoms with E-state index in [9.17, 15) is 8.42 Å². The van der Waals surface area contributed by atoms with Crippen molar-refractivity contribution in [2.24, 2.45) is 0 Å². The Hall–Kier alpha value is -0.610. The molecule has 1 aromatic carbocycles. The minimum atomic E-state index is -3.57. The van der Waals surface area contributed by atoms with Crippen molar-refractivity contribution in [1.82, 2.24) is 4.31 Å². The number of hydrogen-bond acceptors (Lipinski definition) is 3. The van der Waals surface area contributed by atoms with Crippen LogP contribution in [-0.4, -0.2) is 25.8 Å². The Kier molecular flexibility index (Phi) is 5.60. The molecule has 0 bridgehead atoms. The Morgan fingerprint density at radius 3 is 2.67 bits per heavy atom. The fourth-order valence-corrected chi connectivity index (χ4v) is 3.53. The molecule has 0 N–H and O–H groups in total. The Bertz CT molecular complexity index is 569. The van der Waals surface area contributed by atoms with Gasteiger partial charge in [0, 0.05) is 24.0 Å². The lowest BCUT2D eigenvalue weighted by molar-refractivity contribution is 0.435. The molecule has 0 saturated carbocycles. The van der Waals surface area contributed by atoms with Crippen LogP contribution in [0.25, 0.3) is 0 Å². The van der Waals surface area contributed by atoms with Gasteiger partial charge in [-0.25, -0.2) is 8.42 Å². The highest BCUT2D eigenvalue weighted by atomic mass is 79.9. The lowest BCUT2D eigenvalue weighted by Crippen LogP contribution is -2.31. The largest absolute Gasteiger partial charge is 0.243 e. The SMILES string of the molecule is CCN(CCC#N)S(=O)(=O)c1ccc(Cl)c(Br)c1.